The maximum absolute atomic E-state index is 12.2. The Morgan fingerprint density at radius 1 is 0.926 bits per heavy atom. The van der Waals surface area contributed by atoms with E-state index in [1.54, 1.807) is 18.2 Å². The Kier molecular flexibility index (Phi) is 6.29. The van der Waals surface area contributed by atoms with Gasteiger partial charge < -0.3 is 5.32 Å². The molecule has 0 aromatic heterocycles. The second-order valence-electron chi connectivity index (χ2n) is 7.09. The number of benzene rings is 2. The van der Waals surface area contributed by atoms with Crippen LogP contribution >= 0.6 is 0 Å². The molecule has 1 saturated carbocycles. The van der Waals surface area contributed by atoms with Crippen LogP contribution in [-0.2, 0) is 20.2 Å². The van der Waals surface area contributed by atoms with Gasteiger partial charge in [-0.05, 0) is 30.5 Å². The maximum Gasteiger partial charge on any atom is 0.240 e. The second-order valence-corrected chi connectivity index (χ2v) is 8.86. The van der Waals surface area contributed by atoms with Crippen molar-refractivity contribution in [2.24, 2.45) is 0 Å². The molecular formula is C21H26N2O3S. The molecule has 0 unspecified atom stereocenters. The van der Waals surface area contributed by atoms with E-state index < -0.39 is 10.0 Å². The van der Waals surface area contributed by atoms with Gasteiger partial charge in [0.15, 0.2) is 0 Å². The number of amides is 1. The largest absolute Gasteiger partial charge is 0.355 e. The van der Waals surface area contributed by atoms with Gasteiger partial charge >= 0.3 is 0 Å². The number of nitrogens with one attached hydrogen (secondary N) is 2. The minimum atomic E-state index is -3.57. The molecule has 0 saturated heterocycles. The van der Waals surface area contributed by atoms with Gasteiger partial charge in [-0.2, -0.15) is 0 Å². The third-order valence-electron chi connectivity index (χ3n) is 5.27. The van der Waals surface area contributed by atoms with Crippen LogP contribution in [0.1, 0.15) is 37.7 Å². The Morgan fingerprint density at radius 3 is 2.15 bits per heavy atom. The van der Waals surface area contributed by atoms with Crippen molar-refractivity contribution in [1.82, 2.24) is 10.0 Å². The van der Waals surface area contributed by atoms with Gasteiger partial charge in [-0.1, -0.05) is 61.4 Å². The van der Waals surface area contributed by atoms with Crippen LogP contribution in [0, 0.1) is 0 Å². The highest BCUT2D eigenvalue weighted by atomic mass is 32.2. The maximum atomic E-state index is 12.2. The number of sulfonamides is 1. The zero-order valence-electron chi connectivity index (χ0n) is 15.4. The summed E-state index contributed by atoms with van der Waals surface area (Å²) in [4.78, 5) is 12.5. The number of hydrogen-bond acceptors (Lipinski definition) is 3. The quantitative estimate of drug-likeness (QED) is 0.732. The molecule has 27 heavy (non-hydrogen) atoms. The Labute approximate surface area is 161 Å². The van der Waals surface area contributed by atoms with Crippen molar-refractivity contribution < 1.29 is 13.2 Å². The average molecular weight is 387 g/mol. The van der Waals surface area contributed by atoms with Gasteiger partial charge in [0.25, 0.3) is 0 Å². The van der Waals surface area contributed by atoms with Gasteiger partial charge in [0.1, 0.15) is 0 Å². The zero-order valence-corrected chi connectivity index (χ0v) is 16.2. The first-order chi connectivity index (χ1) is 13.0. The van der Waals surface area contributed by atoms with Gasteiger partial charge in [-0.25, -0.2) is 13.1 Å². The van der Waals surface area contributed by atoms with Crippen molar-refractivity contribution in [1.29, 1.82) is 0 Å². The first-order valence-corrected chi connectivity index (χ1v) is 10.9. The van der Waals surface area contributed by atoms with E-state index in [0.717, 1.165) is 12.8 Å². The lowest BCUT2D eigenvalue weighted by atomic mass is 9.79. The fourth-order valence-corrected chi connectivity index (χ4v) is 4.80. The van der Waals surface area contributed by atoms with Crippen molar-refractivity contribution in [3.05, 3.63) is 66.2 Å². The summed E-state index contributed by atoms with van der Waals surface area (Å²) in [7, 11) is -3.57. The fourth-order valence-electron chi connectivity index (χ4n) is 3.75. The van der Waals surface area contributed by atoms with Gasteiger partial charge in [-0.15, -0.1) is 0 Å². The minimum Gasteiger partial charge on any atom is -0.355 e. The van der Waals surface area contributed by atoms with Crippen molar-refractivity contribution >= 4 is 15.9 Å². The SMILES string of the molecule is O=C(CCNS(=O)(=O)c1ccccc1)NCC1(c2ccccc2)CCCC1. The van der Waals surface area contributed by atoms with E-state index in [9.17, 15) is 13.2 Å². The number of carbonyl (C=O) groups is 1. The van der Waals surface area contributed by atoms with Crippen LogP contribution in [0.15, 0.2) is 65.6 Å². The predicted molar refractivity (Wildman–Crippen MR) is 106 cm³/mol. The van der Waals surface area contributed by atoms with E-state index in [4.69, 9.17) is 0 Å². The summed E-state index contributed by atoms with van der Waals surface area (Å²) in [5.74, 6) is -0.132. The summed E-state index contributed by atoms with van der Waals surface area (Å²) >= 11 is 0. The first kappa shape index (κ1) is 19.6. The van der Waals surface area contributed by atoms with Crippen LogP contribution in [0.25, 0.3) is 0 Å². The van der Waals surface area contributed by atoms with Gasteiger partial charge in [0.05, 0.1) is 4.90 Å². The number of hydrogen-bond donors (Lipinski definition) is 2. The monoisotopic (exact) mass is 386 g/mol. The minimum absolute atomic E-state index is 0.000460. The molecule has 3 rings (SSSR count). The van der Waals surface area contributed by atoms with Crippen LogP contribution < -0.4 is 10.0 Å². The highest BCUT2D eigenvalue weighted by molar-refractivity contribution is 7.89. The molecule has 1 aliphatic carbocycles. The third kappa shape index (κ3) is 4.96. The summed E-state index contributed by atoms with van der Waals surface area (Å²) < 4.78 is 26.8. The molecule has 0 bridgehead atoms. The molecule has 1 aliphatic rings. The van der Waals surface area contributed by atoms with E-state index in [1.165, 1.54) is 30.5 Å². The molecule has 0 atom stereocenters. The summed E-state index contributed by atoms with van der Waals surface area (Å²) in [6.45, 7) is 0.683. The van der Waals surface area contributed by atoms with Crippen molar-refractivity contribution in [3.63, 3.8) is 0 Å². The Hall–Kier alpha value is -2.18. The predicted octanol–water partition coefficient (Wildman–Crippen LogP) is 2.98. The fraction of sp³-hybridized carbons (Fsp3) is 0.381. The van der Waals surface area contributed by atoms with E-state index in [-0.39, 0.29) is 29.2 Å². The van der Waals surface area contributed by atoms with Crippen molar-refractivity contribution in [2.45, 2.75) is 42.4 Å². The van der Waals surface area contributed by atoms with Gasteiger partial charge in [-0.3, -0.25) is 4.79 Å². The lowest BCUT2D eigenvalue weighted by molar-refractivity contribution is -0.121. The summed E-state index contributed by atoms with van der Waals surface area (Å²) in [6, 6.07) is 18.5. The standard InChI is InChI=1S/C21H26N2O3S/c24-20(13-16-23-27(25,26)19-11-5-2-6-12-19)22-17-21(14-7-8-15-21)18-9-3-1-4-10-18/h1-6,9-12,23H,7-8,13-17H2,(H,22,24). The van der Waals surface area contributed by atoms with Crippen molar-refractivity contribution in [3.8, 4) is 0 Å². The molecule has 0 aliphatic heterocycles. The molecule has 2 N–H and O–H groups in total. The number of carbonyl (C=O) groups excluding carboxylic acids is 1. The Balaban J connectivity index is 1.51. The molecule has 5 nitrogen and oxygen atoms in total. The third-order valence-corrected chi connectivity index (χ3v) is 6.75. The molecular weight excluding hydrogens is 360 g/mol. The first-order valence-electron chi connectivity index (χ1n) is 9.39. The Morgan fingerprint density at radius 2 is 1.52 bits per heavy atom. The van der Waals surface area contributed by atoms with E-state index in [0.29, 0.717) is 6.54 Å². The molecule has 144 valence electrons. The topological polar surface area (TPSA) is 75.3 Å². The summed E-state index contributed by atoms with van der Waals surface area (Å²) in [5.41, 5.74) is 1.27. The lowest BCUT2D eigenvalue weighted by Crippen LogP contribution is -2.40. The zero-order chi connectivity index (χ0) is 19.2. The summed E-state index contributed by atoms with van der Waals surface area (Å²) in [6.07, 6.45) is 4.59. The molecule has 2 aromatic rings. The van der Waals surface area contributed by atoms with E-state index in [2.05, 4.69) is 22.2 Å². The highest BCUT2D eigenvalue weighted by Crippen LogP contribution is 2.40. The van der Waals surface area contributed by atoms with Gasteiger partial charge in [0.2, 0.25) is 15.9 Å². The molecule has 1 fully saturated rings. The van der Waals surface area contributed by atoms with Crippen LogP contribution in [-0.4, -0.2) is 27.4 Å². The normalized spacial score (nSPS) is 16.1. The van der Waals surface area contributed by atoms with Crippen LogP contribution in [0.2, 0.25) is 0 Å². The van der Waals surface area contributed by atoms with Gasteiger partial charge in [0, 0.05) is 24.9 Å². The Bertz CT molecular complexity index is 846. The summed E-state index contributed by atoms with van der Waals surface area (Å²) in [5, 5.41) is 3.02. The van der Waals surface area contributed by atoms with E-state index >= 15 is 0 Å². The van der Waals surface area contributed by atoms with Crippen LogP contribution in [0.3, 0.4) is 0 Å². The van der Waals surface area contributed by atoms with Crippen LogP contribution in [0.5, 0.6) is 0 Å². The molecule has 6 heteroatoms. The molecule has 0 heterocycles. The van der Waals surface area contributed by atoms with Crippen molar-refractivity contribution in [2.75, 3.05) is 13.1 Å². The molecule has 2 aromatic carbocycles. The van der Waals surface area contributed by atoms with E-state index in [1.807, 2.05) is 18.2 Å². The number of rotatable bonds is 8. The second kappa shape index (κ2) is 8.67. The van der Waals surface area contributed by atoms with Crippen LogP contribution in [0.4, 0.5) is 0 Å². The highest BCUT2D eigenvalue weighted by Gasteiger charge is 2.35. The lowest BCUT2D eigenvalue weighted by Gasteiger charge is -2.30. The smallest absolute Gasteiger partial charge is 0.240 e. The molecule has 0 radical (unpaired) electrons. The average Bonchev–Trinajstić information content (AvgIpc) is 3.18. The molecule has 1 amide bonds. The molecule has 0 spiro atoms.